The Morgan fingerprint density at radius 2 is 2.22 bits per heavy atom. The van der Waals surface area contributed by atoms with E-state index < -0.39 is 0 Å². The molecule has 23 heavy (non-hydrogen) atoms. The number of nitrogens with zero attached hydrogens (tertiary/aromatic N) is 2. The first-order valence-corrected chi connectivity index (χ1v) is 8.14. The van der Waals surface area contributed by atoms with Gasteiger partial charge < -0.3 is 9.47 Å². The van der Waals surface area contributed by atoms with Crippen LogP contribution in [-0.2, 0) is 11.3 Å². The fourth-order valence-electron chi connectivity index (χ4n) is 3.09. The molecular formula is C19H24N2O2. The van der Waals surface area contributed by atoms with Crippen molar-refractivity contribution >= 4 is 0 Å². The normalized spacial score (nSPS) is 17.6. The molecule has 0 N–H and O–H groups in total. The monoisotopic (exact) mass is 312 g/mol. The summed E-state index contributed by atoms with van der Waals surface area (Å²) >= 11 is 0. The van der Waals surface area contributed by atoms with Crippen LogP contribution >= 0.6 is 0 Å². The number of hydrogen-bond acceptors (Lipinski definition) is 4. The molecule has 1 aromatic carbocycles. The van der Waals surface area contributed by atoms with Gasteiger partial charge in [-0.25, -0.2) is 0 Å². The van der Waals surface area contributed by atoms with Gasteiger partial charge in [0.15, 0.2) is 0 Å². The average molecular weight is 312 g/mol. The van der Waals surface area contributed by atoms with Gasteiger partial charge in [-0.1, -0.05) is 12.1 Å². The molecule has 0 aliphatic carbocycles. The van der Waals surface area contributed by atoms with Crippen LogP contribution in [-0.4, -0.2) is 43.3 Å². The molecular weight excluding hydrogens is 288 g/mol. The summed E-state index contributed by atoms with van der Waals surface area (Å²) in [6.07, 6.45) is 4.55. The molecule has 1 aromatic heterocycles. The van der Waals surface area contributed by atoms with Crippen LogP contribution in [0, 0.1) is 0 Å². The van der Waals surface area contributed by atoms with Gasteiger partial charge in [-0.2, -0.15) is 0 Å². The number of aromatic nitrogens is 1. The highest BCUT2D eigenvalue weighted by atomic mass is 16.5. The quantitative estimate of drug-likeness (QED) is 0.819. The summed E-state index contributed by atoms with van der Waals surface area (Å²) in [6.45, 7) is 2.78. The van der Waals surface area contributed by atoms with Crippen molar-refractivity contribution in [3.05, 3.63) is 48.2 Å². The third-order valence-electron chi connectivity index (χ3n) is 4.20. The van der Waals surface area contributed by atoms with Crippen molar-refractivity contribution in [1.29, 1.82) is 0 Å². The Bertz CT molecular complexity index is 625. The largest absolute Gasteiger partial charge is 0.496 e. The summed E-state index contributed by atoms with van der Waals surface area (Å²) in [5.41, 5.74) is 3.23. The summed E-state index contributed by atoms with van der Waals surface area (Å²) in [5, 5.41) is 0. The molecule has 0 spiro atoms. The molecule has 0 saturated carbocycles. The van der Waals surface area contributed by atoms with Crippen LogP contribution in [0.1, 0.15) is 18.4 Å². The predicted octanol–water partition coefficient (Wildman–Crippen LogP) is 3.37. The second-order valence-corrected chi connectivity index (χ2v) is 6.08. The van der Waals surface area contributed by atoms with E-state index in [-0.39, 0.29) is 0 Å². The molecule has 2 aromatic rings. The van der Waals surface area contributed by atoms with Gasteiger partial charge in [0.1, 0.15) is 5.75 Å². The Kier molecular flexibility index (Phi) is 5.26. The zero-order valence-corrected chi connectivity index (χ0v) is 13.9. The Morgan fingerprint density at radius 3 is 2.91 bits per heavy atom. The highest BCUT2D eigenvalue weighted by Crippen LogP contribution is 2.29. The van der Waals surface area contributed by atoms with Gasteiger partial charge in [-0.05, 0) is 49.7 Å². The van der Waals surface area contributed by atoms with Crippen LogP contribution < -0.4 is 4.74 Å². The fraction of sp³-hybridized carbons (Fsp3) is 0.421. The second kappa shape index (κ2) is 7.57. The minimum Gasteiger partial charge on any atom is -0.496 e. The van der Waals surface area contributed by atoms with Crippen molar-refractivity contribution < 1.29 is 9.47 Å². The topological polar surface area (TPSA) is 34.6 Å². The predicted molar refractivity (Wildman–Crippen MR) is 91.5 cm³/mol. The highest BCUT2D eigenvalue weighted by Gasteiger charge is 2.17. The van der Waals surface area contributed by atoms with Gasteiger partial charge in [-0.15, -0.1) is 0 Å². The standard InChI is InChI=1S/C19H24N2O2/c1-21(14-16-6-5-11-23-16)13-15-8-9-19(22-2)17(12-15)18-7-3-4-10-20-18/h3-4,7-10,12,16H,5-6,11,13-14H2,1-2H3. The zero-order chi connectivity index (χ0) is 16.1. The lowest BCUT2D eigenvalue weighted by Gasteiger charge is -2.21. The molecule has 0 bridgehead atoms. The molecule has 0 amide bonds. The molecule has 1 aliphatic rings. The third kappa shape index (κ3) is 4.09. The molecule has 1 fully saturated rings. The number of likely N-dealkylation sites (N-methyl/N-ethyl adjacent to an activating group) is 1. The molecule has 1 atom stereocenters. The molecule has 3 rings (SSSR count). The van der Waals surface area contributed by atoms with E-state index in [1.807, 2.05) is 30.5 Å². The summed E-state index contributed by atoms with van der Waals surface area (Å²) in [7, 11) is 3.84. The van der Waals surface area contributed by atoms with Gasteiger partial charge in [0.25, 0.3) is 0 Å². The van der Waals surface area contributed by atoms with Crippen molar-refractivity contribution in [2.75, 3.05) is 27.3 Å². The molecule has 1 aliphatic heterocycles. The van der Waals surface area contributed by atoms with E-state index in [2.05, 4.69) is 29.1 Å². The second-order valence-electron chi connectivity index (χ2n) is 6.08. The zero-order valence-electron chi connectivity index (χ0n) is 13.9. The van der Waals surface area contributed by atoms with Crippen molar-refractivity contribution in [2.24, 2.45) is 0 Å². The van der Waals surface area contributed by atoms with Crippen molar-refractivity contribution in [2.45, 2.75) is 25.5 Å². The smallest absolute Gasteiger partial charge is 0.128 e. The molecule has 1 saturated heterocycles. The van der Waals surface area contributed by atoms with Crippen LogP contribution in [0.15, 0.2) is 42.6 Å². The van der Waals surface area contributed by atoms with Crippen molar-refractivity contribution in [1.82, 2.24) is 9.88 Å². The van der Waals surface area contributed by atoms with Crippen molar-refractivity contribution in [3.63, 3.8) is 0 Å². The van der Waals surface area contributed by atoms with E-state index in [4.69, 9.17) is 9.47 Å². The van der Waals surface area contributed by atoms with E-state index in [1.54, 1.807) is 7.11 Å². The van der Waals surface area contributed by atoms with E-state index >= 15 is 0 Å². The van der Waals surface area contributed by atoms with Crippen LogP contribution in [0.25, 0.3) is 11.3 Å². The Morgan fingerprint density at radius 1 is 1.30 bits per heavy atom. The number of ether oxygens (including phenoxy) is 2. The maximum atomic E-state index is 5.72. The lowest BCUT2D eigenvalue weighted by atomic mass is 10.1. The summed E-state index contributed by atoms with van der Waals surface area (Å²) < 4.78 is 11.2. The van der Waals surface area contributed by atoms with E-state index in [0.717, 1.165) is 36.7 Å². The first-order chi connectivity index (χ1) is 11.3. The first-order valence-electron chi connectivity index (χ1n) is 8.14. The summed E-state index contributed by atoms with van der Waals surface area (Å²) in [5.74, 6) is 0.856. The van der Waals surface area contributed by atoms with Crippen LogP contribution in [0.3, 0.4) is 0 Å². The van der Waals surface area contributed by atoms with E-state index in [0.29, 0.717) is 6.10 Å². The average Bonchev–Trinajstić information content (AvgIpc) is 3.08. The summed E-state index contributed by atoms with van der Waals surface area (Å²) in [6, 6.07) is 12.3. The first kappa shape index (κ1) is 16.0. The molecule has 0 radical (unpaired) electrons. The number of benzene rings is 1. The molecule has 2 heterocycles. The lowest BCUT2D eigenvalue weighted by Crippen LogP contribution is -2.28. The van der Waals surface area contributed by atoms with Gasteiger partial charge in [0.2, 0.25) is 0 Å². The minimum atomic E-state index is 0.383. The summed E-state index contributed by atoms with van der Waals surface area (Å²) in [4.78, 5) is 6.77. The maximum absolute atomic E-state index is 5.72. The molecule has 1 unspecified atom stereocenters. The number of hydrogen-bond donors (Lipinski definition) is 0. The maximum Gasteiger partial charge on any atom is 0.128 e. The molecule has 4 heteroatoms. The van der Waals surface area contributed by atoms with Gasteiger partial charge in [-0.3, -0.25) is 9.88 Å². The molecule has 4 nitrogen and oxygen atoms in total. The number of pyridine rings is 1. The van der Waals surface area contributed by atoms with Crippen LogP contribution in [0.5, 0.6) is 5.75 Å². The van der Waals surface area contributed by atoms with Crippen LogP contribution in [0.4, 0.5) is 0 Å². The minimum absolute atomic E-state index is 0.383. The van der Waals surface area contributed by atoms with Crippen molar-refractivity contribution in [3.8, 4) is 17.0 Å². The lowest BCUT2D eigenvalue weighted by molar-refractivity contribution is 0.0793. The van der Waals surface area contributed by atoms with E-state index in [9.17, 15) is 0 Å². The van der Waals surface area contributed by atoms with Crippen LogP contribution in [0.2, 0.25) is 0 Å². The van der Waals surface area contributed by atoms with Gasteiger partial charge in [0, 0.05) is 31.5 Å². The Labute approximate surface area is 138 Å². The fourth-order valence-corrected chi connectivity index (χ4v) is 3.09. The number of rotatable bonds is 6. The highest BCUT2D eigenvalue weighted by molar-refractivity contribution is 5.67. The van der Waals surface area contributed by atoms with Gasteiger partial charge >= 0.3 is 0 Å². The molecule has 122 valence electrons. The SMILES string of the molecule is COc1ccc(CN(C)CC2CCCO2)cc1-c1ccccn1. The van der Waals surface area contributed by atoms with E-state index in [1.165, 1.54) is 18.4 Å². The van der Waals surface area contributed by atoms with Gasteiger partial charge in [0.05, 0.1) is 18.9 Å². The third-order valence-corrected chi connectivity index (χ3v) is 4.20. The number of methoxy groups -OCH3 is 1. The Balaban J connectivity index is 1.75. The Hall–Kier alpha value is -1.91.